The molecule has 1 aliphatic rings. The van der Waals surface area contributed by atoms with E-state index in [1.807, 2.05) is 43.3 Å². The van der Waals surface area contributed by atoms with Gasteiger partial charge in [-0.05, 0) is 41.0 Å². The lowest BCUT2D eigenvalue weighted by atomic mass is 9.98. The van der Waals surface area contributed by atoms with E-state index < -0.39 is 0 Å². The Morgan fingerprint density at radius 3 is 2.31 bits per heavy atom. The van der Waals surface area contributed by atoms with Crippen molar-refractivity contribution in [3.63, 3.8) is 0 Å². The number of esters is 1. The summed E-state index contributed by atoms with van der Waals surface area (Å²) in [7, 11) is 1.66. The Balaban J connectivity index is 0.00000228. The molecule has 0 radical (unpaired) electrons. The molecule has 7 heteroatoms. The van der Waals surface area contributed by atoms with E-state index in [4.69, 9.17) is 9.47 Å². The topological polar surface area (TPSA) is 42.0 Å². The highest BCUT2D eigenvalue weighted by Crippen LogP contribution is 2.25. The molecule has 1 atom stereocenters. The molecular formula is C29H36Cl2N2O3. The molecule has 0 N–H and O–H groups in total. The van der Waals surface area contributed by atoms with Crippen molar-refractivity contribution in [1.29, 1.82) is 0 Å². The number of nitrogens with zero attached hydrogens (tertiary/aromatic N) is 2. The van der Waals surface area contributed by atoms with Crippen LogP contribution in [0.15, 0.2) is 72.8 Å². The first-order valence-electron chi connectivity index (χ1n) is 12.0. The predicted molar refractivity (Wildman–Crippen MR) is 153 cm³/mol. The molecule has 36 heavy (non-hydrogen) atoms. The first-order valence-corrected chi connectivity index (χ1v) is 12.0. The van der Waals surface area contributed by atoms with E-state index in [0.29, 0.717) is 6.61 Å². The van der Waals surface area contributed by atoms with Crippen LogP contribution in [0.25, 0.3) is 16.8 Å². The highest BCUT2D eigenvalue weighted by atomic mass is 35.5. The van der Waals surface area contributed by atoms with E-state index in [2.05, 4.69) is 52.3 Å². The van der Waals surface area contributed by atoms with Crippen molar-refractivity contribution in [3.05, 3.63) is 83.9 Å². The van der Waals surface area contributed by atoms with Gasteiger partial charge in [0.15, 0.2) is 0 Å². The number of rotatable bonds is 9. The summed E-state index contributed by atoms with van der Waals surface area (Å²) in [5, 5.41) is 2.19. The molecular weight excluding hydrogens is 495 g/mol. The molecule has 1 saturated heterocycles. The van der Waals surface area contributed by atoms with Gasteiger partial charge in [0.1, 0.15) is 12.4 Å². The molecule has 3 aromatic carbocycles. The highest BCUT2D eigenvalue weighted by Gasteiger charge is 2.19. The Morgan fingerprint density at radius 1 is 0.917 bits per heavy atom. The largest absolute Gasteiger partial charge is 0.497 e. The zero-order valence-corrected chi connectivity index (χ0v) is 22.6. The summed E-state index contributed by atoms with van der Waals surface area (Å²) < 4.78 is 10.9. The summed E-state index contributed by atoms with van der Waals surface area (Å²) in [5.41, 5.74) is 2.21. The molecule has 0 aliphatic carbocycles. The number of hydrogen-bond donors (Lipinski definition) is 0. The zero-order chi connectivity index (χ0) is 23.8. The maximum atomic E-state index is 12.6. The Kier molecular flexibility index (Phi) is 12.2. The van der Waals surface area contributed by atoms with Gasteiger partial charge in [-0.2, -0.15) is 0 Å². The van der Waals surface area contributed by atoms with Gasteiger partial charge in [0.2, 0.25) is 0 Å². The minimum absolute atomic E-state index is 0. The first-order chi connectivity index (χ1) is 16.6. The van der Waals surface area contributed by atoms with Crippen molar-refractivity contribution in [2.24, 2.45) is 0 Å². The Bertz CT molecular complexity index is 1120. The van der Waals surface area contributed by atoms with Crippen LogP contribution in [-0.2, 0) is 9.53 Å². The van der Waals surface area contributed by atoms with Gasteiger partial charge >= 0.3 is 5.97 Å². The minimum atomic E-state index is -0.292. The van der Waals surface area contributed by atoms with Crippen molar-refractivity contribution in [2.45, 2.75) is 12.8 Å². The van der Waals surface area contributed by atoms with Crippen molar-refractivity contribution in [1.82, 2.24) is 9.80 Å². The third-order valence-electron chi connectivity index (χ3n) is 6.52. The average Bonchev–Trinajstić information content (AvgIpc) is 2.89. The van der Waals surface area contributed by atoms with E-state index in [-0.39, 0.29) is 36.7 Å². The molecule has 5 nitrogen and oxygen atoms in total. The van der Waals surface area contributed by atoms with Crippen LogP contribution in [0.4, 0.5) is 0 Å². The van der Waals surface area contributed by atoms with E-state index in [9.17, 15) is 4.79 Å². The van der Waals surface area contributed by atoms with Gasteiger partial charge in [-0.1, -0.05) is 66.7 Å². The summed E-state index contributed by atoms with van der Waals surface area (Å²) in [4.78, 5) is 17.5. The second kappa shape index (κ2) is 14.9. The van der Waals surface area contributed by atoms with Gasteiger partial charge < -0.3 is 9.47 Å². The maximum Gasteiger partial charge on any atom is 0.313 e. The second-order valence-electron chi connectivity index (χ2n) is 8.82. The van der Waals surface area contributed by atoms with Crippen molar-refractivity contribution in [2.75, 3.05) is 53.0 Å². The first kappa shape index (κ1) is 29.7. The lowest BCUT2D eigenvalue weighted by Gasteiger charge is -2.34. The molecule has 3 aromatic rings. The molecule has 0 spiro atoms. The third kappa shape index (κ3) is 8.24. The molecule has 1 heterocycles. The normalized spacial score (nSPS) is 15.2. The van der Waals surface area contributed by atoms with E-state index >= 15 is 0 Å². The number of halogens is 2. The van der Waals surface area contributed by atoms with Crippen LogP contribution in [0.3, 0.4) is 0 Å². The van der Waals surface area contributed by atoms with E-state index in [1.54, 1.807) is 7.11 Å². The summed E-state index contributed by atoms with van der Waals surface area (Å²) >= 11 is 0. The molecule has 0 amide bonds. The van der Waals surface area contributed by atoms with Crippen molar-refractivity contribution in [3.8, 4) is 5.75 Å². The smallest absolute Gasteiger partial charge is 0.313 e. The van der Waals surface area contributed by atoms with Crippen LogP contribution < -0.4 is 4.74 Å². The summed E-state index contributed by atoms with van der Waals surface area (Å²) in [6, 6.07) is 22.5. The number of hydrogen-bond acceptors (Lipinski definition) is 5. The summed E-state index contributed by atoms with van der Waals surface area (Å²) in [5.74, 6) is 0.370. The molecule has 1 fully saturated rings. The zero-order valence-electron chi connectivity index (χ0n) is 21.0. The van der Waals surface area contributed by atoms with Crippen molar-refractivity contribution < 1.29 is 14.3 Å². The Labute approximate surface area is 226 Å². The lowest BCUT2D eigenvalue weighted by molar-refractivity contribution is -0.145. The molecule has 0 saturated carbocycles. The number of benzene rings is 3. The minimum Gasteiger partial charge on any atom is -0.497 e. The van der Waals surface area contributed by atoms with Gasteiger partial charge in [0.25, 0.3) is 0 Å². The van der Waals surface area contributed by atoms with Gasteiger partial charge in [0, 0.05) is 39.3 Å². The van der Waals surface area contributed by atoms with Crippen LogP contribution in [0.5, 0.6) is 5.75 Å². The molecule has 0 bridgehead atoms. The van der Waals surface area contributed by atoms with Gasteiger partial charge in [-0.15, -0.1) is 24.8 Å². The second-order valence-corrected chi connectivity index (χ2v) is 8.82. The number of carbonyl (C=O) groups excluding carboxylic acids is 1. The molecule has 0 aromatic heterocycles. The number of fused-ring (bicyclic) bond motifs is 1. The van der Waals surface area contributed by atoms with Crippen LogP contribution in [0.1, 0.15) is 24.0 Å². The quantitative estimate of drug-likeness (QED) is 0.333. The van der Waals surface area contributed by atoms with Gasteiger partial charge in [0.05, 0.1) is 13.0 Å². The van der Waals surface area contributed by atoms with Gasteiger partial charge in [-0.25, -0.2) is 0 Å². The number of piperazine rings is 1. The number of methoxy groups -OCH3 is 1. The highest BCUT2D eigenvalue weighted by molar-refractivity contribution is 5.87. The molecule has 194 valence electrons. The van der Waals surface area contributed by atoms with Crippen LogP contribution in [0, 0.1) is 0 Å². The average molecular weight is 532 g/mol. The van der Waals surface area contributed by atoms with E-state index in [0.717, 1.165) is 61.4 Å². The Hall–Kier alpha value is -2.57. The summed E-state index contributed by atoms with van der Waals surface area (Å²) in [6.45, 7) is 8.16. The maximum absolute atomic E-state index is 12.6. The predicted octanol–water partition coefficient (Wildman–Crippen LogP) is 5.67. The molecule has 1 aliphatic heterocycles. The van der Waals surface area contributed by atoms with Crippen LogP contribution in [-0.4, -0.2) is 68.8 Å². The number of carbonyl (C=O) groups is 1. The van der Waals surface area contributed by atoms with Gasteiger partial charge in [-0.3, -0.25) is 14.6 Å². The fourth-order valence-corrected chi connectivity index (χ4v) is 4.27. The molecule has 1 unspecified atom stereocenters. The van der Waals surface area contributed by atoms with Crippen LogP contribution in [0.2, 0.25) is 0 Å². The fraction of sp³-hybridized carbons (Fsp3) is 0.345. The summed E-state index contributed by atoms with van der Waals surface area (Å²) in [6.07, 6.45) is 4.41. The lowest BCUT2D eigenvalue weighted by Crippen LogP contribution is -2.47. The standard InChI is InChI=1S/C29H34N2O3.2ClH/c1-23(25-10-11-27-22-28(33-2)13-12-26(27)21-25)29(32)34-20-19-31-17-15-30(16-18-31)14-6-9-24-7-4-3-5-8-24;;/h3-13,21-23H,14-20H2,1-2H3;2*1H/b9-6-;;. The van der Waals surface area contributed by atoms with Crippen LogP contribution >= 0.6 is 24.8 Å². The third-order valence-corrected chi connectivity index (χ3v) is 6.52. The Morgan fingerprint density at radius 2 is 1.58 bits per heavy atom. The monoisotopic (exact) mass is 530 g/mol. The number of ether oxygens (including phenoxy) is 2. The van der Waals surface area contributed by atoms with E-state index in [1.165, 1.54) is 5.56 Å². The fourth-order valence-electron chi connectivity index (χ4n) is 4.27. The SMILES string of the molecule is COc1ccc2cc(C(C)C(=O)OCCN3CCN(C/C=C\c4ccccc4)CC3)ccc2c1.Cl.Cl. The van der Waals surface area contributed by atoms with Crippen molar-refractivity contribution >= 4 is 47.6 Å². The molecule has 4 rings (SSSR count).